The van der Waals surface area contributed by atoms with Gasteiger partial charge in [0.25, 0.3) is 0 Å². The van der Waals surface area contributed by atoms with Crippen LogP contribution in [0, 0.1) is 6.92 Å². The lowest BCUT2D eigenvalue weighted by molar-refractivity contribution is -0.119. The molecule has 1 unspecified atom stereocenters. The number of carbonyl (C=O) groups excluding carboxylic acids is 1. The topological polar surface area (TPSA) is 75.7 Å². The molecule has 160 valence electrons. The van der Waals surface area contributed by atoms with E-state index < -0.39 is 16.1 Å². The zero-order valence-electron chi connectivity index (χ0n) is 17.2. The second-order valence-electron chi connectivity index (χ2n) is 7.52. The Kier molecular flexibility index (Phi) is 6.06. The maximum atomic E-state index is 13.1. The van der Waals surface area contributed by atoms with Crippen LogP contribution in [0.25, 0.3) is 0 Å². The molecule has 1 heterocycles. The molecule has 0 aromatic heterocycles. The molecule has 1 fully saturated rings. The highest BCUT2D eigenvalue weighted by atomic mass is 32.2. The van der Waals surface area contributed by atoms with Gasteiger partial charge in [-0.1, -0.05) is 35.9 Å². The van der Waals surface area contributed by atoms with Crippen molar-refractivity contribution in [3.8, 4) is 11.5 Å². The zero-order valence-corrected chi connectivity index (χ0v) is 18.0. The SMILES string of the molecule is Cc1ccc(S(=O)(=O)N2CCCC2C(=O)Nc2ccc(Oc3ccccc3)cc2)cc1. The molecule has 0 radical (unpaired) electrons. The average molecular weight is 437 g/mol. The normalized spacial score (nSPS) is 16.7. The van der Waals surface area contributed by atoms with Crippen LogP contribution in [0.5, 0.6) is 11.5 Å². The molecular formula is C24H24N2O4S. The van der Waals surface area contributed by atoms with Gasteiger partial charge >= 0.3 is 0 Å². The molecule has 3 aromatic carbocycles. The third kappa shape index (κ3) is 4.78. The van der Waals surface area contributed by atoms with Crippen LogP contribution in [0.4, 0.5) is 5.69 Å². The summed E-state index contributed by atoms with van der Waals surface area (Å²) in [5, 5.41) is 2.84. The number of hydrogen-bond donors (Lipinski definition) is 1. The summed E-state index contributed by atoms with van der Waals surface area (Å²) in [6, 6.07) is 22.4. The first kappa shape index (κ1) is 21.1. The van der Waals surface area contributed by atoms with E-state index >= 15 is 0 Å². The summed E-state index contributed by atoms with van der Waals surface area (Å²) in [5.41, 5.74) is 1.57. The molecule has 0 spiro atoms. The Morgan fingerprint density at radius 3 is 2.26 bits per heavy atom. The summed E-state index contributed by atoms with van der Waals surface area (Å²) < 4.78 is 33.2. The number of nitrogens with zero attached hydrogens (tertiary/aromatic N) is 1. The van der Waals surface area contributed by atoms with Crippen LogP contribution in [-0.2, 0) is 14.8 Å². The van der Waals surface area contributed by atoms with Gasteiger partial charge in [0.2, 0.25) is 15.9 Å². The van der Waals surface area contributed by atoms with E-state index in [0.717, 1.165) is 11.3 Å². The summed E-state index contributed by atoms with van der Waals surface area (Å²) >= 11 is 0. The molecule has 3 aromatic rings. The van der Waals surface area contributed by atoms with Gasteiger partial charge in [-0.2, -0.15) is 4.31 Å². The molecular weight excluding hydrogens is 412 g/mol. The molecule has 7 heteroatoms. The van der Waals surface area contributed by atoms with Crippen LogP contribution < -0.4 is 10.1 Å². The lowest BCUT2D eigenvalue weighted by Gasteiger charge is -2.23. The molecule has 4 rings (SSSR count). The Labute approximate surface area is 182 Å². The molecule has 31 heavy (non-hydrogen) atoms. The molecule has 0 saturated carbocycles. The van der Waals surface area contributed by atoms with E-state index in [9.17, 15) is 13.2 Å². The van der Waals surface area contributed by atoms with E-state index in [1.54, 1.807) is 48.5 Å². The van der Waals surface area contributed by atoms with Crippen molar-refractivity contribution >= 4 is 21.6 Å². The molecule has 6 nitrogen and oxygen atoms in total. The fraction of sp³-hybridized carbons (Fsp3) is 0.208. The van der Waals surface area contributed by atoms with Crippen LogP contribution in [-0.4, -0.2) is 31.2 Å². The highest BCUT2D eigenvalue weighted by Crippen LogP contribution is 2.28. The minimum atomic E-state index is -3.73. The molecule has 1 N–H and O–H groups in total. The Morgan fingerprint density at radius 1 is 0.935 bits per heavy atom. The number of anilines is 1. The molecule has 1 aliphatic rings. The van der Waals surface area contributed by atoms with Crippen LogP contribution in [0.2, 0.25) is 0 Å². The van der Waals surface area contributed by atoms with Gasteiger partial charge in [-0.15, -0.1) is 0 Å². The van der Waals surface area contributed by atoms with Gasteiger partial charge in [0.15, 0.2) is 0 Å². The smallest absolute Gasteiger partial charge is 0.243 e. The van der Waals surface area contributed by atoms with Gasteiger partial charge in [-0.25, -0.2) is 8.42 Å². The minimum absolute atomic E-state index is 0.209. The van der Waals surface area contributed by atoms with Crippen molar-refractivity contribution < 1.29 is 17.9 Å². The van der Waals surface area contributed by atoms with E-state index in [2.05, 4.69) is 5.32 Å². The molecule has 1 amide bonds. The summed E-state index contributed by atoms with van der Waals surface area (Å²) in [6.45, 7) is 2.23. The van der Waals surface area contributed by atoms with Gasteiger partial charge in [-0.05, 0) is 68.3 Å². The number of amides is 1. The van der Waals surface area contributed by atoms with Crippen LogP contribution in [0.15, 0.2) is 83.8 Å². The maximum Gasteiger partial charge on any atom is 0.243 e. The fourth-order valence-corrected chi connectivity index (χ4v) is 5.25. The Balaban J connectivity index is 1.44. The summed E-state index contributed by atoms with van der Waals surface area (Å²) in [5.74, 6) is 1.04. The minimum Gasteiger partial charge on any atom is -0.457 e. The summed E-state index contributed by atoms with van der Waals surface area (Å²) in [7, 11) is -3.73. The highest BCUT2D eigenvalue weighted by molar-refractivity contribution is 7.89. The number of rotatable bonds is 6. The third-order valence-corrected chi connectivity index (χ3v) is 7.16. The van der Waals surface area contributed by atoms with Gasteiger partial charge in [0, 0.05) is 12.2 Å². The number of ether oxygens (including phenoxy) is 1. The third-order valence-electron chi connectivity index (χ3n) is 5.23. The number of aryl methyl sites for hydroxylation is 1. The maximum absolute atomic E-state index is 13.1. The quantitative estimate of drug-likeness (QED) is 0.614. The van der Waals surface area contributed by atoms with Gasteiger partial charge in [-0.3, -0.25) is 4.79 Å². The van der Waals surface area contributed by atoms with Crippen molar-refractivity contribution in [2.24, 2.45) is 0 Å². The lowest BCUT2D eigenvalue weighted by atomic mass is 10.2. The average Bonchev–Trinajstić information content (AvgIpc) is 3.27. The van der Waals surface area contributed by atoms with Crippen molar-refractivity contribution in [2.75, 3.05) is 11.9 Å². The van der Waals surface area contributed by atoms with E-state index in [-0.39, 0.29) is 10.8 Å². The largest absolute Gasteiger partial charge is 0.457 e. The first-order valence-electron chi connectivity index (χ1n) is 10.2. The van der Waals surface area contributed by atoms with Crippen molar-refractivity contribution in [3.63, 3.8) is 0 Å². The van der Waals surface area contributed by atoms with Crippen molar-refractivity contribution in [3.05, 3.63) is 84.4 Å². The predicted molar refractivity (Wildman–Crippen MR) is 120 cm³/mol. The second kappa shape index (κ2) is 8.91. The summed E-state index contributed by atoms with van der Waals surface area (Å²) in [4.78, 5) is 13.1. The van der Waals surface area contributed by atoms with Crippen LogP contribution in [0.3, 0.4) is 0 Å². The Bertz CT molecular complexity index is 1140. The van der Waals surface area contributed by atoms with Gasteiger partial charge < -0.3 is 10.1 Å². The van der Waals surface area contributed by atoms with Crippen molar-refractivity contribution in [2.45, 2.75) is 30.7 Å². The molecule has 0 bridgehead atoms. The first-order valence-corrected chi connectivity index (χ1v) is 11.6. The van der Waals surface area contributed by atoms with E-state index in [4.69, 9.17) is 4.74 Å². The zero-order chi connectivity index (χ0) is 21.8. The Hall–Kier alpha value is -3.16. The number of nitrogens with one attached hydrogen (secondary N) is 1. The summed E-state index contributed by atoms with van der Waals surface area (Å²) in [6.07, 6.45) is 1.14. The number of para-hydroxylation sites is 1. The van der Waals surface area contributed by atoms with Crippen LogP contribution >= 0.6 is 0 Å². The Morgan fingerprint density at radius 2 is 1.58 bits per heavy atom. The second-order valence-corrected chi connectivity index (χ2v) is 9.41. The predicted octanol–water partition coefficient (Wildman–Crippen LogP) is 4.58. The van der Waals surface area contributed by atoms with E-state index in [1.165, 1.54) is 4.31 Å². The highest BCUT2D eigenvalue weighted by Gasteiger charge is 2.39. The first-order chi connectivity index (χ1) is 14.9. The number of carbonyl (C=O) groups is 1. The number of hydrogen-bond acceptors (Lipinski definition) is 4. The van der Waals surface area contributed by atoms with Crippen molar-refractivity contribution in [1.82, 2.24) is 4.31 Å². The van der Waals surface area contributed by atoms with Gasteiger partial charge in [0.05, 0.1) is 4.90 Å². The fourth-order valence-electron chi connectivity index (χ4n) is 3.59. The monoisotopic (exact) mass is 436 g/mol. The number of sulfonamides is 1. The molecule has 1 aliphatic heterocycles. The standard InChI is InChI=1S/C24H24N2O4S/c1-18-9-15-22(16-10-18)31(28,29)26-17-5-8-23(26)24(27)25-19-11-13-21(14-12-19)30-20-6-3-2-4-7-20/h2-4,6-7,9-16,23H,5,8,17H2,1H3,(H,25,27). The van der Waals surface area contributed by atoms with Crippen LogP contribution in [0.1, 0.15) is 18.4 Å². The van der Waals surface area contributed by atoms with Crippen molar-refractivity contribution in [1.29, 1.82) is 0 Å². The molecule has 0 aliphatic carbocycles. The number of benzene rings is 3. The molecule has 1 saturated heterocycles. The van der Waals surface area contributed by atoms with E-state index in [1.807, 2.05) is 37.3 Å². The van der Waals surface area contributed by atoms with E-state index in [0.29, 0.717) is 30.8 Å². The molecule has 1 atom stereocenters. The lowest BCUT2D eigenvalue weighted by Crippen LogP contribution is -2.43. The van der Waals surface area contributed by atoms with Gasteiger partial charge in [0.1, 0.15) is 17.5 Å².